The number of aryl methyl sites for hydroxylation is 3. The number of nitrogens with one attached hydrogen (secondary N) is 1. The average Bonchev–Trinajstić information content (AvgIpc) is 2.95. The number of aliphatic hydroxyl groups is 1. The van der Waals surface area contributed by atoms with Gasteiger partial charge in [0.2, 0.25) is 10.0 Å². The minimum absolute atomic E-state index is 0.0634. The van der Waals surface area contributed by atoms with Crippen LogP contribution in [0.25, 0.3) is 11.1 Å². The van der Waals surface area contributed by atoms with Gasteiger partial charge in [-0.15, -0.1) is 0 Å². The van der Waals surface area contributed by atoms with Crippen molar-refractivity contribution in [2.24, 2.45) is 0 Å². The third-order valence-electron chi connectivity index (χ3n) is 7.51. The van der Waals surface area contributed by atoms with Crippen LogP contribution in [0.3, 0.4) is 0 Å². The van der Waals surface area contributed by atoms with Crippen molar-refractivity contribution in [3.63, 3.8) is 0 Å². The number of carboxylic acid groups (broad SMARTS) is 1. The molecule has 0 fully saturated rings. The first-order valence-corrected chi connectivity index (χ1v) is 15.8. The Morgan fingerprint density at radius 2 is 1.81 bits per heavy atom. The molecule has 0 radical (unpaired) electrons. The second-order valence-corrected chi connectivity index (χ2v) is 13.4. The fourth-order valence-corrected chi connectivity index (χ4v) is 6.52. The summed E-state index contributed by atoms with van der Waals surface area (Å²) in [5.74, 6) is -1.84. The summed E-state index contributed by atoms with van der Waals surface area (Å²) < 4.78 is 56.9. The lowest BCUT2D eigenvalue weighted by Gasteiger charge is -2.29. The number of aliphatic hydroxyl groups excluding tert-OH is 1. The van der Waals surface area contributed by atoms with Gasteiger partial charge in [0.05, 0.1) is 17.2 Å². The molecule has 8 nitrogen and oxygen atoms in total. The predicted molar refractivity (Wildman–Crippen MR) is 162 cm³/mol. The van der Waals surface area contributed by atoms with Crippen LogP contribution in [-0.2, 0) is 34.1 Å². The third-order valence-corrected chi connectivity index (χ3v) is 9.44. The van der Waals surface area contributed by atoms with Crippen LogP contribution >= 0.6 is 0 Å². The quantitative estimate of drug-likeness (QED) is 0.207. The van der Waals surface area contributed by atoms with Crippen LogP contribution in [0.2, 0.25) is 0 Å². The van der Waals surface area contributed by atoms with Crippen LogP contribution < -0.4 is 5.32 Å². The van der Waals surface area contributed by atoms with Crippen molar-refractivity contribution >= 4 is 16.0 Å². The van der Waals surface area contributed by atoms with Crippen LogP contribution in [0.4, 0.5) is 8.78 Å². The zero-order chi connectivity index (χ0) is 31.8. The lowest BCUT2D eigenvalue weighted by Crippen LogP contribution is -2.46. The van der Waals surface area contributed by atoms with Gasteiger partial charge in [-0.3, -0.25) is 9.78 Å². The van der Waals surface area contributed by atoms with E-state index in [4.69, 9.17) is 5.11 Å². The molecule has 1 aromatic heterocycles. The molecule has 0 bridgehead atoms. The van der Waals surface area contributed by atoms with Gasteiger partial charge >= 0.3 is 5.97 Å². The Hall–Kier alpha value is -3.25. The minimum Gasteiger partial charge on any atom is -0.481 e. The summed E-state index contributed by atoms with van der Waals surface area (Å²) in [5, 5.41) is 23.1. The van der Waals surface area contributed by atoms with E-state index in [1.165, 1.54) is 37.5 Å². The highest BCUT2D eigenvalue weighted by molar-refractivity contribution is 7.89. The van der Waals surface area contributed by atoms with Gasteiger partial charge < -0.3 is 15.5 Å². The second-order valence-electron chi connectivity index (χ2n) is 11.4. The van der Waals surface area contributed by atoms with E-state index >= 15 is 0 Å². The summed E-state index contributed by atoms with van der Waals surface area (Å²) in [6.45, 7) is 5.75. The molecule has 0 spiro atoms. The zero-order valence-electron chi connectivity index (χ0n) is 25.1. The van der Waals surface area contributed by atoms with E-state index in [0.29, 0.717) is 41.5 Å². The molecule has 0 saturated heterocycles. The van der Waals surface area contributed by atoms with Crippen molar-refractivity contribution in [1.29, 1.82) is 0 Å². The number of aromatic nitrogens is 1. The van der Waals surface area contributed by atoms with Gasteiger partial charge in [-0.1, -0.05) is 25.1 Å². The van der Waals surface area contributed by atoms with Gasteiger partial charge in [0.15, 0.2) is 0 Å². The van der Waals surface area contributed by atoms with E-state index in [1.807, 2.05) is 13.8 Å². The maximum atomic E-state index is 14.9. The molecule has 3 N–H and O–H groups in total. The summed E-state index contributed by atoms with van der Waals surface area (Å²) >= 11 is 0. The molecule has 11 heteroatoms. The number of β-amino-alcohol motifs (C(OH)–C–C–N with tert-alkyl or cyclic N) is 1. The van der Waals surface area contributed by atoms with Gasteiger partial charge in [-0.05, 0) is 92.5 Å². The van der Waals surface area contributed by atoms with Crippen LogP contribution in [0.1, 0.15) is 56.7 Å². The standard InChI is InChI=1S/C32H41F2N3O5S/c1-5-22-18-25(31-24(12-14-30(39)40)8-6-10-27(31)33)11-13-29(22)43(41,42)37(4)21-26(38)19-36-32(2,3)16-7-9-23-15-17-35-20-28(23)34/h6,8,10-11,13,15,17-18,20,26,36,38H,5,7,9,12,14,16,19,21H2,1-4H3,(H,39,40)/t26-/m1/s1. The van der Waals surface area contributed by atoms with Gasteiger partial charge in [-0.2, -0.15) is 4.31 Å². The number of sulfonamides is 1. The van der Waals surface area contributed by atoms with Crippen LogP contribution in [0.15, 0.2) is 59.8 Å². The summed E-state index contributed by atoms with van der Waals surface area (Å²) in [5.41, 5.74) is 1.96. The molecule has 43 heavy (non-hydrogen) atoms. The van der Waals surface area contributed by atoms with E-state index < -0.39 is 27.9 Å². The molecule has 3 aromatic rings. The topological polar surface area (TPSA) is 120 Å². The number of rotatable bonds is 16. The first-order chi connectivity index (χ1) is 20.2. The fourth-order valence-electron chi connectivity index (χ4n) is 5.04. The molecule has 0 unspecified atom stereocenters. The molecule has 0 amide bonds. The molecule has 0 aliphatic heterocycles. The van der Waals surface area contributed by atoms with Crippen LogP contribution in [0, 0.1) is 11.6 Å². The predicted octanol–water partition coefficient (Wildman–Crippen LogP) is 4.98. The number of halogens is 2. The molecule has 0 aliphatic carbocycles. The highest BCUT2D eigenvalue weighted by Crippen LogP contribution is 2.32. The molecule has 234 valence electrons. The molecule has 1 atom stereocenters. The van der Waals surface area contributed by atoms with E-state index in [-0.39, 0.29) is 47.7 Å². The van der Waals surface area contributed by atoms with E-state index in [1.54, 1.807) is 31.3 Å². The van der Waals surface area contributed by atoms with Crippen LogP contribution in [0.5, 0.6) is 0 Å². The minimum atomic E-state index is -3.99. The van der Waals surface area contributed by atoms with Gasteiger partial charge in [0, 0.05) is 43.9 Å². The van der Waals surface area contributed by atoms with Crippen molar-refractivity contribution in [3.05, 3.63) is 83.2 Å². The highest BCUT2D eigenvalue weighted by Gasteiger charge is 2.27. The Kier molecular flexibility index (Phi) is 11.9. The Morgan fingerprint density at radius 1 is 1.07 bits per heavy atom. The smallest absolute Gasteiger partial charge is 0.303 e. The number of benzene rings is 2. The lowest BCUT2D eigenvalue weighted by atomic mass is 9.94. The number of nitrogens with zero attached hydrogens (tertiary/aromatic N) is 2. The number of hydrogen-bond acceptors (Lipinski definition) is 6. The summed E-state index contributed by atoms with van der Waals surface area (Å²) in [6, 6.07) is 10.7. The van der Waals surface area contributed by atoms with Crippen molar-refractivity contribution in [2.45, 2.75) is 75.8 Å². The second kappa shape index (κ2) is 15.0. The number of hydrogen-bond donors (Lipinski definition) is 3. The Morgan fingerprint density at radius 3 is 2.49 bits per heavy atom. The molecule has 3 rings (SSSR count). The molecule has 0 aliphatic rings. The number of carboxylic acids is 1. The molecule has 0 saturated carbocycles. The Labute approximate surface area is 252 Å². The largest absolute Gasteiger partial charge is 0.481 e. The average molecular weight is 618 g/mol. The van der Waals surface area contributed by atoms with Crippen molar-refractivity contribution in [2.75, 3.05) is 20.1 Å². The Balaban J connectivity index is 1.66. The summed E-state index contributed by atoms with van der Waals surface area (Å²) in [4.78, 5) is 14.9. The number of carbonyl (C=O) groups is 1. The normalized spacial score (nSPS) is 12.9. The maximum Gasteiger partial charge on any atom is 0.303 e. The molecule has 1 heterocycles. The summed E-state index contributed by atoms with van der Waals surface area (Å²) in [7, 11) is -2.58. The van der Waals surface area contributed by atoms with Gasteiger partial charge in [0.25, 0.3) is 0 Å². The highest BCUT2D eigenvalue weighted by atomic mass is 32.2. The van der Waals surface area contributed by atoms with Crippen molar-refractivity contribution in [1.82, 2.24) is 14.6 Å². The van der Waals surface area contributed by atoms with Crippen LogP contribution in [-0.4, -0.2) is 65.7 Å². The SMILES string of the molecule is CCc1cc(-c2c(F)cccc2CCC(=O)O)ccc1S(=O)(=O)N(C)C[C@H](O)CNC(C)(C)CCCc1ccncc1F. The monoisotopic (exact) mass is 617 g/mol. The first kappa shape index (κ1) is 34.2. The van der Waals surface area contributed by atoms with Gasteiger partial charge in [-0.25, -0.2) is 17.2 Å². The Bertz CT molecular complexity index is 1510. The molecular formula is C32H41F2N3O5S. The fraction of sp³-hybridized carbons (Fsp3) is 0.438. The number of aliphatic carboxylic acids is 1. The summed E-state index contributed by atoms with van der Waals surface area (Å²) in [6.07, 6.45) is 4.09. The van der Waals surface area contributed by atoms with Crippen molar-refractivity contribution < 1.29 is 32.2 Å². The van der Waals surface area contributed by atoms with Crippen molar-refractivity contribution in [3.8, 4) is 11.1 Å². The molecule has 2 aromatic carbocycles. The van der Waals surface area contributed by atoms with E-state index in [9.17, 15) is 27.1 Å². The maximum absolute atomic E-state index is 14.9. The lowest BCUT2D eigenvalue weighted by molar-refractivity contribution is -0.136. The number of likely N-dealkylation sites (N-methyl/N-ethyl adjacent to an activating group) is 1. The van der Waals surface area contributed by atoms with E-state index in [2.05, 4.69) is 10.3 Å². The van der Waals surface area contributed by atoms with Gasteiger partial charge in [0.1, 0.15) is 11.6 Å². The third kappa shape index (κ3) is 9.37. The molecular weight excluding hydrogens is 576 g/mol. The number of pyridine rings is 1. The zero-order valence-corrected chi connectivity index (χ0v) is 25.9. The van der Waals surface area contributed by atoms with E-state index in [0.717, 1.165) is 10.7 Å². The first-order valence-electron chi connectivity index (χ1n) is 14.4.